The Kier molecular flexibility index (Phi) is 5.33. The normalized spacial score (nSPS) is 10.5. The Balaban J connectivity index is 1.41. The first-order valence-electron chi connectivity index (χ1n) is 9.20. The van der Waals surface area contributed by atoms with Crippen LogP contribution in [0.2, 0.25) is 0 Å². The van der Waals surface area contributed by atoms with Crippen LogP contribution >= 0.6 is 0 Å². The molecule has 30 heavy (non-hydrogen) atoms. The summed E-state index contributed by atoms with van der Waals surface area (Å²) in [7, 11) is 0. The van der Waals surface area contributed by atoms with Crippen LogP contribution in [0.3, 0.4) is 0 Å². The number of nitrogens with one attached hydrogen (secondary N) is 3. The smallest absolute Gasteiger partial charge is 0.261 e. The van der Waals surface area contributed by atoms with E-state index in [1.807, 2.05) is 30.3 Å². The highest BCUT2D eigenvalue weighted by molar-refractivity contribution is 6.05. The highest BCUT2D eigenvalue weighted by atomic mass is 16.5. The number of rotatable bonds is 6. The number of amides is 1. The molecule has 0 bridgehead atoms. The van der Waals surface area contributed by atoms with Gasteiger partial charge in [-0.1, -0.05) is 11.2 Å². The number of anilines is 5. The van der Waals surface area contributed by atoms with Crippen LogP contribution in [0.4, 0.5) is 28.8 Å². The minimum atomic E-state index is -0.256. The summed E-state index contributed by atoms with van der Waals surface area (Å²) in [5.41, 5.74) is 2.48. The second kappa shape index (κ2) is 8.39. The first-order valence-corrected chi connectivity index (χ1v) is 9.20. The molecule has 0 saturated heterocycles. The minimum Gasteiger partial charge on any atom is -0.361 e. The maximum absolute atomic E-state index is 12.4. The second-order valence-electron chi connectivity index (χ2n) is 6.48. The lowest BCUT2D eigenvalue weighted by atomic mass is 10.2. The van der Waals surface area contributed by atoms with Gasteiger partial charge in [-0.25, -0.2) is 15.0 Å². The molecule has 3 heterocycles. The van der Waals surface area contributed by atoms with Gasteiger partial charge in [-0.05, 0) is 50.2 Å². The zero-order valence-corrected chi connectivity index (χ0v) is 16.4. The van der Waals surface area contributed by atoms with E-state index in [-0.39, 0.29) is 5.91 Å². The first kappa shape index (κ1) is 19.1. The minimum absolute atomic E-state index is 0.256. The molecule has 3 N–H and O–H groups in total. The average molecular weight is 401 g/mol. The zero-order chi connectivity index (χ0) is 20.9. The third-order valence-corrected chi connectivity index (χ3v) is 4.26. The van der Waals surface area contributed by atoms with Gasteiger partial charge in [0.1, 0.15) is 35.1 Å². The van der Waals surface area contributed by atoms with E-state index >= 15 is 0 Å². The number of hydrogen-bond donors (Lipinski definition) is 3. The van der Waals surface area contributed by atoms with Crippen molar-refractivity contribution in [1.29, 1.82) is 0 Å². The summed E-state index contributed by atoms with van der Waals surface area (Å²) in [6, 6.07) is 14.7. The van der Waals surface area contributed by atoms with Crippen molar-refractivity contribution in [2.45, 2.75) is 13.8 Å². The largest absolute Gasteiger partial charge is 0.361 e. The number of hydrogen-bond acceptors (Lipinski definition) is 8. The molecular formula is C21H19N7O2. The molecule has 3 aromatic heterocycles. The zero-order valence-electron chi connectivity index (χ0n) is 16.4. The van der Waals surface area contributed by atoms with Crippen LogP contribution in [0.15, 0.2) is 65.6 Å². The maximum Gasteiger partial charge on any atom is 0.261 e. The van der Waals surface area contributed by atoms with Crippen LogP contribution < -0.4 is 16.0 Å². The third-order valence-electron chi connectivity index (χ3n) is 4.26. The van der Waals surface area contributed by atoms with Crippen molar-refractivity contribution in [3.63, 3.8) is 0 Å². The van der Waals surface area contributed by atoms with Gasteiger partial charge in [0, 0.05) is 23.6 Å². The molecule has 9 nitrogen and oxygen atoms in total. The van der Waals surface area contributed by atoms with Gasteiger partial charge in [0.2, 0.25) is 0 Å². The molecule has 4 rings (SSSR count). The van der Waals surface area contributed by atoms with E-state index in [1.54, 1.807) is 38.2 Å². The predicted octanol–water partition coefficient (Wildman–Crippen LogP) is 4.22. The van der Waals surface area contributed by atoms with E-state index in [9.17, 15) is 4.79 Å². The van der Waals surface area contributed by atoms with Gasteiger partial charge in [-0.3, -0.25) is 4.79 Å². The molecule has 0 aliphatic rings. The van der Waals surface area contributed by atoms with Crippen LogP contribution in [0.25, 0.3) is 0 Å². The lowest BCUT2D eigenvalue weighted by Gasteiger charge is -2.09. The van der Waals surface area contributed by atoms with E-state index in [2.05, 4.69) is 36.1 Å². The molecule has 0 unspecified atom stereocenters. The summed E-state index contributed by atoms with van der Waals surface area (Å²) in [5.74, 6) is 2.17. The molecule has 0 fully saturated rings. The van der Waals surface area contributed by atoms with Crippen LogP contribution in [0.1, 0.15) is 21.8 Å². The highest BCUT2D eigenvalue weighted by Gasteiger charge is 2.17. The van der Waals surface area contributed by atoms with Gasteiger partial charge >= 0.3 is 0 Å². The summed E-state index contributed by atoms with van der Waals surface area (Å²) in [6.45, 7) is 3.44. The maximum atomic E-state index is 12.4. The van der Waals surface area contributed by atoms with Gasteiger partial charge in [-0.2, -0.15) is 0 Å². The predicted molar refractivity (Wildman–Crippen MR) is 113 cm³/mol. The Morgan fingerprint density at radius 3 is 2.27 bits per heavy atom. The lowest BCUT2D eigenvalue weighted by molar-refractivity contribution is 0.102. The quantitative estimate of drug-likeness (QED) is 0.440. The molecule has 9 heteroatoms. The van der Waals surface area contributed by atoms with E-state index < -0.39 is 0 Å². The molecular weight excluding hydrogens is 382 g/mol. The fourth-order valence-corrected chi connectivity index (χ4v) is 2.85. The Hall–Kier alpha value is -4.27. The van der Waals surface area contributed by atoms with Crippen LogP contribution in [-0.4, -0.2) is 26.0 Å². The fourth-order valence-electron chi connectivity index (χ4n) is 2.85. The summed E-state index contributed by atoms with van der Waals surface area (Å²) in [4.78, 5) is 25.1. The van der Waals surface area contributed by atoms with Crippen molar-refractivity contribution in [2.24, 2.45) is 0 Å². The highest BCUT2D eigenvalue weighted by Crippen LogP contribution is 2.21. The number of nitrogens with zero attached hydrogens (tertiary/aromatic N) is 4. The van der Waals surface area contributed by atoms with Crippen molar-refractivity contribution >= 4 is 34.7 Å². The molecule has 4 aromatic rings. The number of benzene rings is 1. The Morgan fingerprint density at radius 1 is 0.867 bits per heavy atom. The van der Waals surface area contributed by atoms with Crippen LogP contribution in [-0.2, 0) is 0 Å². The van der Waals surface area contributed by atoms with Crippen molar-refractivity contribution in [1.82, 2.24) is 20.1 Å². The van der Waals surface area contributed by atoms with Gasteiger partial charge in [0.15, 0.2) is 0 Å². The van der Waals surface area contributed by atoms with E-state index in [1.165, 1.54) is 6.33 Å². The molecule has 0 spiro atoms. The van der Waals surface area contributed by atoms with Crippen LogP contribution in [0, 0.1) is 13.8 Å². The molecule has 0 aliphatic heterocycles. The summed E-state index contributed by atoms with van der Waals surface area (Å²) >= 11 is 0. The molecule has 1 aromatic carbocycles. The second-order valence-corrected chi connectivity index (χ2v) is 6.48. The summed E-state index contributed by atoms with van der Waals surface area (Å²) in [5, 5.41) is 13.0. The summed E-state index contributed by atoms with van der Waals surface area (Å²) in [6.07, 6.45) is 3.17. The van der Waals surface area contributed by atoms with Crippen molar-refractivity contribution in [3.05, 3.63) is 78.1 Å². The third kappa shape index (κ3) is 4.41. The number of carbonyl (C=O) groups is 1. The molecule has 0 radical (unpaired) electrons. The SMILES string of the molecule is Cc1noc(C)c1C(=O)Nc1ccc(Nc2cc(Nc3ccccn3)ncn2)cc1. The van der Waals surface area contributed by atoms with Crippen molar-refractivity contribution in [3.8, 4) is 0 Å². The Bertz CT molecular complexity index is 1140. The van der Waals surface area contributed by atoms with E-state index in [0.717, 1.165) is 5.69 Å². The van der Waals surface area contributed by atoms with E-state index in [4.69, 9.17) is 4.52 Å². The van der Waals surface area contributed by atoms with Crippen molar-refractivity contribution < 1.29 is 9.32 Å². The van der Waals surface area contributed by atoms with Gasteiger partial charge in [0.25, 0.3) is 5.91 Å². The number of carbonyl (C=O) groups excluding carboxylic acids is 1. The number of pyridine rings is 1. The summed E-state index contributed by atoms with van der Waals surface area (Å²) < 4.78 is 5.04. The van der Waals surface area contributed by atoms with Gasteiger partial charge in [0.05, 0.1) is 5.69 Å². The molecule has 150 valence electrons. The number of aromatic nitrogens is 4. The topological polar surface area (TPSA) is 118 Å². The molecule has 0 aliphatic carbocycles. The average Bonchev–Trinajstić information content (AvgIpc) is 3.09. The fraction of sp³-hybridized carbons (Fsp3) is 0.0952. The molecule has 1 amide bonds. The van der Waals surface area contributed by atoms with E-state index in [0.29, 0.717) is 40.2 Å². The van der Waals surface area contributed by atoms with Crippen molar-refractivity contribution in [2.75, 3.05) is 16.0 Å². The van der Waals surface area contributed by atoms with Gasteiger partial charge in [-0.15, -0.1) is 0 Å². The van der Waals surface area contributed by atoms with Gasteiger partial charge < -0.3 is 20.5 Å². The Morgan fingerprint density at radius 2 is 1.60 bits per heavy atom. The molecule has 0 saturated carbocycles. The first-order chi connectivity index (χ1) is 14.6. The number of aryl methyl sites for hydroxylation is 2. The molecule has 0 atom stereocenters. The monoisotopic (exact) mass is 401 g/mol. The Labute approximate surface area is 172 Å². The van der Waals surface area contributed by atoms with Crippen LogP contribution in [0.5, 0.6) is 0 Å². The lowest BCUT2D eigenvalue weighted by Crippen LogP contribution is -2.13. The standard InChI is InChI=1S/C21H19N7O2/c1-13-20(14(2)30-28-13)21(29)26-16-8-6-15(7-9-16)25-18-11-19(24-12-23-18)27-17-5-3-4-10-22-17/h3-12H,1-2H3,(H,26,29)(H2,22,23,24,25,27).